The van der Waals surface area contributed by atoms with E-state index in [1.165, 1.54) is 0 Å². The van der Waals surface area contributed by atoms with Gasteiger partial charge in [0.05, 0.1) is 13.2 Å². The molecule has 0 saturated heterocycles. The van der Waals surface area contributed by atoms with Gasteiger partial charge in [-0.25, -0.2) is 0 Å². The van der Waals surface area contributed by atoms with Gasteiger partial charge in [0.25, 0.3) is 0 Å². The Labute approximate surface area is 90.5 Å². The lowest BCUT2D eigenvalue weighted by atomic mass is 10.2. The van der Waals surface area contributed by atoms with Crippen molar-refractivity contribution in [2.75, 3.05) is 34.0 Å². The third-order valence-corrected chi connectivity index (χ3v) is 2.47. The fourth-order valence-corrected chi connectivity index (χ4v) is 1.51. The summed E-state index contributed by atoms with van der Waals surface area (Å²) >= 11 is 0. The van der Waals surface area contributed by atoms with Crippen LogP contribution in [-0.2, 0) is 14.3 Å². The van der Waals surface area contributed by atoms with Gasteiger partial charge in [-0.1, -0.05) is 0 Å². The third kappa shape index (κ3) is 3.77. The molecule has 5 nitrogen and oxygen atoms in total. The smallest absolute Gasteiger partial charge is 0.242 e. The molecule has 2 N–H and O–H groups in total. The van der Waals surface area contributed by atoms with Crippen LogP contribution in [0, 0.1) is 0 Å². The monoisotopic (exact) mass is 216 g/mol. The van der Waals surface area contributed by atoms with E-state index in [4.69, 9.17) is 15.2 Å². The van der Waals surface area contributed by atoms with Crippen LogP contribution in [0.1, 0.15) is 12.8 Å². The van der Waals surface area contributed by atoms with E-state index in [-0.39, 0.29) is 12.5 Å². The normalized spacial score (nSPS) is 17.5. The van der Waals surface area contributed by atoms with Crippen molar-refractivity contribution in [2.24, 2.45) is 5.73 Å². The maximum absolute atomic E-state index is 11.9. The van der Waals surface area contributed by atoms with Crippen LogP contribution >= 0.6 is 0 Å². The third-order valence-electron chi connectivity index (χ3n) is 2.47. The molecule has 0 aromatic rings. The van der Waals surface area contributed by atoms with Gasteiger partial charge >= 0.3 is 0 Å². The van der Waals surface area contributed by atoms with Crippen LogP contribution in [0.5, 0.6) is 0 Å². The summed E-state index contributed by atoms with van der Waals surface area (Å²) in [5, 5.41) is 0. The molecule has 1 rings (SSSR count). The number of carbonyl (C=O) groups excluding carboxylic acids is 1. The Morgan fingerprint density at radius 3 is 2.60 bits per heavy atom. The van der Waals surface area contributed by atoms with Crippen LogP contribution in [0.2, 0.25) is 0 Å². The molecule has 1 atom stereocenters. The zero-order chi connectivity index (χ0) is 11.3. The summed E-state index contributed by atoms with van der Waals surface area (Å²) in [4.78, 5) is 13.7. The summed E-state index contributed by atoms with van der Waals surface area (Å²) in [6, 6.07) is -0.178. The predicted octanol–water partition coefficient (Wildman–Crippen LogP) is -0.402. The number of rotatable bonds is 7. The summed E-state index contributed by atoms with van der Waals surface area (Å²) in [5.74, 6) is -0.0311. The molecule has 1 unspecified atom stereocenters. The van der Waals surface area contributed by atoms with Crippen LogP contribution in [-0.4, -0.2) is 56.9 Å². The van der Waals surface area contributed by atoms with E-state index in [1.54, 1.807) is 14.2 Å². The Bertz CT molecular complexity index is 207. The average molecular weight is 216 g/mol. The molecular formula is C10H20N2O3. The fourth-order valence-electron chi connectivity index (χ4n) is 1.51. The molecule has 0 aliphatic heterocycles. The lowest BCUT2D eigenvalue weighted by molar-refractivity contribution is -0.135. The van der Waals surface area contributed by atoms with Gasteiger partial charge in [0.2, 0.25) is 5.91 Å². The molecule has 1 saturated carbocycles. The maximum Gasteiger partial charge on any atom is 0.242 e. The van der Waals surface area contributed by atoms with Crippen molar-refractivity contribution in [3.8, 4) is 0 Å². The van der Waals surface area contributed by atoms with Crippen molar-refractivity contribution in [3.05, 3.63) is 0 Å². The summed E-state index contributed by atoms with van der Waals surface area (Å²) in [7, 11) is 3.17. The van der Waals surface area contributed by atoms with Crippen LogP contribution < -0.4 is 5.73 Å². The van der Waals surface area contributed by atoms with Crippen molar-refractivity contribution in [1.29, 1.82) is 0 Å². The number of methoxy groups -OCH3 is 2. The number of hydrogen-bond acceptors (Lipinski definition) is 4. The molecule has 0 spiro atoms. The number of hydrogen-bond donors (Lipinski definition) is 1. The highest BCUT2D eigenvalue weighted by Crippen LogP contribution is 2.26. The molecule has 0 aromatic heterocycles. The number of amides is 1. The highest BCUT2D eigenvalue weighted by atomic mass is 16.5. The first-order valence-corrected chi connectivity index (χ1v) is 5.24. The zero-order valence-corrected chi connectivity index (χ0v) is 9.44. The minimum absolute atomic E-state index is 0.0311. The van der Waals surface area contributed by atoms with Gasteiger partial charge in [-0.2, -0.15) is 0 Å². The van der Waals surface area contributed by atoms with Gasteiger partial charge in [-0.15, -0.1) is 0 Å². The minimum Gasteiger partial charge on any atom is -0.383 e. The molecule has 0 aromatic carbocycles. The van der Waals surface area contributed by atoms with E-state index in [0.717, 1.165) is 12.8 Å². The van der Waals surface area contributed by atoms with E-state index in [2.05, 4.69) is 0 Å². The Hall–Kier alpha value is -0.650. The van der Waals surface area contributed by atoms with Crippen molar-refractivity contribution in [1.82, 2.24) is 4.90 Å². The molecule has 1 aliphatic rings. The van der Waals surface area contributed by atoms with Crippen molar-refractivity contribution < 1.29 is 14.3 Å². The SMILES string of the molecule is COCCN(C(=O)C(N)COC)C1CC1. The van der Waals surface area contributed by atoms with Crippen molar-refractivity contribution in [3.63, 3.8) is 0 Å². The lowest BCUT2D eigenvalue weighted by Crippen LogP contribution is -2.48. The average Bonchev–Trinajstić information content (AvgIpc) is 3.02. The maximum atomic E-state index is 11.9. The van der Waals surface area contributed by atoms with Gasteiger partial charge in [-0.05, 0) is 12.8 Å². The second kappa shape index (κ2) is 6.05. The molecule has 15 heavy (non-hydrogen) atoms. The highest BCUT2D eigenvalue weighted by molar-refractivity contribution is 5.82. The van der Waals surface area contributed by atoms with Crippen molar-refractivity contribution in [2.45, 2.75) is 24.9 Å². The molecule has 0 heterocycles. The van der Waals surface area contributed by atoms with E-state index in [0.29, 0.717) is 19.2 Å². The number of nitrogens with two attached hydrogens (primary N) is 1. The lowest BCUT2D eigenvalue weighted by Gasteiger charge is -2.25. The molecular weight excluding hydrogens is 196 g/mol. The Balaban J connectivity index is 2.43. The molecule has 88 valence electrons. The first-order valence-electron chi connectivity index (χ1n) is 5.24. The predicted molar refractivity (Wildman–Crippen MR) is 56.5 cm³/mol. The Kier molecular flexibility index (Phi) is 5.01. The van der Waals surface area contributed by atoms with Crippen LogP contribution in [0.3, 0.4) is 0 Å². The number of carbonyl (C=O) groups is 1. The van der Waals surface area contributed by atoms with Crippen LogP contribution in [0.25, 0.3) is 0 Å². The first-order chi connectivity index (χ1) is 7.20. The summed E-state index contributed by atoms with van der Waals surface area (Å²) in [5.41, 5.74) is 5.71. The van der Waals surface area contributed by atoms with E-state index in [1.807, 2.05) is 4.90 Å². The summed E-state index contributed by atoms with van der Waals surface area (Å²) in [6.45, 7) is 1.45. The minimum atomic E-state index is -0.549. The standard InChI is InChI=1S/C10H20N2O3/c1-14-6-5-12(8-3-4-8)10(13)9(11)7-15-2/h8-9H,3-7,11H2,1-2H3. The topological polar surface area (TPSA) is 64.8 Å². The first kappa shape index (κ1) is 12.4. The molecule has 1 aliphatic carbocycles. The number of nitrogens with zero attached hydrogens (tertiary/aromatic N) is 1. The highest BCUT2D eigenvalue weighted by Gasteiger charge is 2.34. The Morgan fingerprint density at radius 1 is 1.47 bits per heavy atom. The molecule has 1 amide bonds. The fraction of sp³-hybridized carbons (Fsp3) is 0.900. The van der Waals surface area contributed by atoms with Gasteiger partial charge in [0.15, 0.2) is 0 Å². The van der Waals surface area contributed by atoms with Crippen LogP contribution in [0.4, 0.5) is 0 Å². The quantitative estimate of drug-likeness (QED) is 0.629. The van der Waals surface area contributed by atoms with Crippen LogP contribution in [0.15, 0.2) is 0 Å². The Morgan fingerprint density at radius 2 is 2.13 bits per heavy atom. The largest absolute Gasteiger partial charge is 0.383 e. The van der Waals surface area contributed by atoms with Gasteiger partial charge in [-0.3, -0.25) is 4.79 Å². The molecule has 5 heteroatoms. The summed E-state index contributed by atoms with van der Waals surface area (Å²) < 4.78 is 9.85. The second-order valence-electron chi connectivity index (χ2n) is 3.82. The number of ether oxygens (including phenoxy) is 2. The molecule has 0 bridgehead atoms. The van der Waals surface area contributed by atoms with Gasteiger partial charge in [0.1, 0.15) is 6.04 Å². The molecule has 0 radical (unpaired) electrons. The van der Waals surface area contributed by atoms with E-state index < -0.39 is 6.04 Å². The van der Waals surface area contributed by atoms with Gasteiger partial charge in [0, 0.05) is 26.8 Å². The van der Waals surface area contributed by atoms with Crippen molar-refractivity contribution >= 4 is 5.91 Å². The zero-order valence-electron chi connectivity index (χ0n) is 9.44. The molecule has 1 fully saturated rings. The van der Waals surface area contributed by atoms with E-state index >= 15 is 0 Å². The summed E-state index contributed by atoms with van der Waals surface area (Å²) in [6.07, 6.45) is 2.16. The van der Waals surface area contributed by atoms with E-state index in [9.17, 15) is 4.79 Å². The van der Waals surface area contributed by atoms with Gasteiger partial charge < -0.3 is 20.1 Å². The second-order valence-corrected chi connectivity index (χ2v) is 3.82.